The molecular weight excluding hydrogens is 292 g/mol. The molecule has 102 valence electrons. The Bertz CT molecular complexity index is 693. The van der Waals surface area contributed by atoms with Crippen molar-refractivity contribution < 1.29 is 4.42 Å². The van der Waals surface area contributed by atoms with Crippen molar-refractivity contribution in [3.63, 3.8) is 0 Å². The van der Waals surface area contributed by atoms with Gasteiger partial charge in [-0.3, -0.25) is 0 Å². The number of rotatable bonds is 4. The molecule has 1 unspecified atom stereocenters. The number of thiophene rings is 1. The fraction of sp³-hybridized carbons (Fsp3) is 0.200. The first kappa shape index (κ1) is 13.3. The van der Waals surface area contributed by atoms with Crippen molar-refractivity contribution in [1.82, 2.24) is 10.2 Å². The van der Waals surface area contributed by atoms with Crippen LogP contribution in [0.2, 0.25) is 0 Å². The van der Waals surface area contributed by atoms with Crippen LogP contribution in [0.1, 0.15) is 28.6 Å². The molecule has 3 aromatic rings. The molecule has 0 N–H and O–H groups in total. The van der Waals surface area contributed by atoms with Crippen LogP contribution in [-0.4, -0.2) is 10.2 Å². The molecular formula is C15H13ClN2OS. The van der Waals surface area contributed by atoms with Gasteiger partial charge in [-0.15, -0.1) is 33.1 Å². The second-order valence-corrected chi connectivity index (χ2v) is 5.94. The Morgan fingerprint density at radius 3 is 2.65 bits per heavy atom. The molecule has 0 saturated carbocycles. The first-order valence-electron chi connectivity index (χ1n) is 6.39. The maximum absolute atomic E-state index is 6.37. The van der Waals surface area contributed by atoms with Crippen LogP contribution < -0.4 is 0 Å². The van der Waals surface area contributed by atoms with Gasteiger partial charge in [0.2, 0.25) is 5.89 Å². The van der Waals surface area contributed by atoms with Gasteiger partial charge in [0.25, 0.3) is 5.89 Å². The van der Waals surface area contributed by atoms with Gasteiger partial charge in [0.1, 0.15) is 5.38 Å². The summed E-state index contributed by atoms with van der Waals surface area (Å²) in [6.07, 6.45) is 1.01. The molecule has 1 atom stereocenters. The van der Waals surface area contributed by atoms with Gasteiger partial charge in [-0.2, -0.15) is 0 Å². The largest absolute Gasteiger partial charge is 0.418 e. The van der Waals surface area contributed by atoms with Gasteiger partial charge in [0.15, 0.2) is 0 Å². The van der Waals surface area contributed by atoms with Gasteiger partial charge in [-0.05, 0) is 24.1 Å². The minimum Gasteiger partial charge on any atom is -0.418 e. The van der Waals surface area contributed by atoms with Crippen LogP contribution in [0.25, 0.3) is 10.8 Å². The van der Waals surface area contributed by atoms with E-state index in [0.717, 1.165) is 16.9 Å². The third-order valence-electron chi connectivity index (χ3n) is 2.97. The summed E-state index contributed by atoms with van der Waals surface area (Å²) in [6, 6.07) is 13.8. The third-order valence-corrected chi connectivity index (χ3v) is 4.63. The van der Waals surface area contributed by atoms with E-state index < -0.39 is 5.38 Å². The van der Waals surface area contributed by atoms with Gasteiger partial charge in [-0.1, -0.05) is 37.3 Å². The maximum atomic E-state index is 6.37. The summed E-state index contributed by atoms with van der Waals surface area (Å²) in [5.41, 5.74) is 0.949. The van der Waals surface area contributed by atoms with Crippen molar-refractivity contribution in [3.8, 4) is 10.8 Å². The van der Waals surface area contributed by atoms with Crippen molar-refractivity contribution in [3.05, 3.63) is 58.8 Å². The third kappa shape index (κ3) is 2.62. The second kappa shape index (κ2) is 5.77. The molecule has 0 fully saturated rings. The van der Waals surface area contributed by atoms with Crippen molar-refractivity contribution in [2.24, 2.45) is 0 Å². The number of alkyl halides is 1. The van der Waals surface area contributed by atoms with Crippen molar-refractivity contribution >= 4 is 22.9 Å². The molecule has 3 rings (SSSR count). The van der Waals surface area contributed by atoms with E-state index in [-0.39, 0.29) is 0 Å². The summed E-state index contributed by atoms with van der Waals surface area (Å²) in [7, 11) is 0. The average Bonchev–Trinajstić information content (AvgIpc) is 3.16. The zero-order valence-corrected chi connectivity index (χ0v) is 12.5. The Morgan fingerprint density at radius 1 is 1.15 bits per heavy atom. The number of hydrogen-bond acceptors (Lipinski definition) is 4. The van der Waals surface area contributed by atoms with E-state index in [1.54, 1.807) is 11.3 Å². The highest BCUT2D eigenvalue weighted by atomic mass is 35.5. The minimum atomic E-state index is -0.414. The molecule has 0 aliphatic heterocycles. The molecule has 5 heteroatoms. The predicted molar refractivity (Wildman–Crippen MR) is 81.1 cm³/mol. The standard InChI is InChI=1S/C15H13ClN2OS/c1-2-11-8-9-12(20-11)14-17-18-15(19-14)13(16)10-6-4-3-5-7-10/h3-9,13H,2H2,1H3. The van der Waals surface area contributed by atoms with Crippen LogP contribution >= 0.6 is 22.9 Å². The monoisotopic (exact) mass is 304 g/mol. The lowest BCUT2D eigenvalue weighted by Gasteiger charge is -2.03. The Kier molecular flexibility index (Phi) is 3.85. The Hall–Kier alpha value is -1.65. The van der Waals surface area contributed by atoms with E-state index >= 15 is 0 Å². The van der Waals surface area contributed by atoms with E-state index in [1.807, 2.05) is 36.4 Å². The SMILES string of the molecule is CCc1ccc(-c2nnc(C(Cl)c3ccccc3)o2)s1. The fourth-order valence-corrected chi connectivity index (χ4v) is 2.99. The van der Waals surface area contributed by atoms with E-state index in [4.69, 9.17) is 16.0 Å². The number of aromatic nitrogens is 2. The maximum Gasteiger partial charge on any atom is 0.257 e. The van der Waals surface area contributed by atoms with E-state index in [0.29, 0.717) is 11.8 Å². The first-order chi connectivity index (χ1) is 9.78. The van der Waals surface area contributed by atoms with Crippen molar-refractivity contribution in [2.75, 3.05) is 0 Å². The highest BCUT2D eigenvalue weighted by Gasteiger charge is 2.19. The number of hydrogen-bond donors (Lipinski definition) is 0. The summed E-state index contributed by atoms with van der Waals surface area (Å²) < 4.78 is 5.70. The Labute approximate surface area is 126 Å². The zero-order chi connectivity index (χ0) is 13.9. The number of benzene rings is 1. The average molecular weight is 305 g/mol. The molecule has 0 bridgehead atoms. The van der Waals surface area contributed by atoms with Gasteiger partial charge in [0.05, 0.1) is 4.88 Å². The molecule has 3 nitrogen and oxygen atoms in total. The summed E-state index contributed by atoms with van der Waals surface area (Å²) in [6.45, 7) is 2.12. The quantitative estimate of drug-likeness (QED) is 0.656. The smallest absolute Gasteiger partial charge is 0.257 e. The number of halogens is 1. The Morgan fingerprint density at radius 2 is 1.95 bits per heavy atom. The van der Waals surface area contributed by atoms with Crippen LogP contribution in [-0.2, 0) is 6.42 Å². The number of aryl methyl sites for hydroxylation is 1. The van der Waals surface area contributed by atoms with Gasteiger partial charge >= 0.3 is 0 Å². The minimum absolute atomic E-state index is 0.414. The van der Waals surface area contributed by atoms with Crippen LogP contribution in [0.4, 0.5) is 0 Å². The molecule has 0 radical (unpaired) electrons. The topological polar surface area (TPSA) is 38.9 Å². The van der Waals surface area contributed by atoms with Crippen LogP contribution in [0.15, 0.2) is 46.9 Å². The summed E-state index contributed by atoms with van der Waals surface area (Å²) in [5.74, 6) is 0.964. The van der Waals surface area contributed by atoms with Gasteiger partial charge in [0, 0.05) is 4.88 Å². The predicted octanol–water partition coefficient (Wildman–Crippen LogP) is 4.69. The second-order valence-electron chi connectivity index (χ2n) is 4.34. The highest BCUT2D eigenvalue weighted by molar-refractivity contribution is 7.15. The lowest BCUT2D eigenvalue weighted by atomic mass is 10.1. The molecule has 0 spiro atoms. The lowest BCUT2D eigenvalue weighted by molar-refractivity contribution is 0.514. The van der Waals surface area contributed by atoms with Crippen molar-refractivity contribution in [2.45, 2.75) is 18.7 Å². The molecule has 1 aromatic carbocycles. The summed E-state index contributed by atoms with van der Waals surface area (Å²) in [5, 5.41) is 7.74. The lowest BCUT2D eigenvalue weighted by Crippen LogP contribution is -1.92. The zero-order valence-electron chi connectivity index (χ0n) is 10.9. The van der Waals surface area contributed by atoms with E-state index in [1.165, 1.54) is 4.88 Å². The van der Waals surface area contributed by atoms with E-state index in [9.17, 15) is 0 Å². The van der Waals surface area contributed by atoms with E-state index in [2.05, 4.69) is 23.2 Å². The van der Waals surface area contributed by atoms with Crippen LogP contribution in [0.5, 0.6) is 0 Å². The highest BCUT2D eigenvalue weighted by Crippen LogP contribution is 2.32. The molecule has 2 heterocycles. The molecule has 0 aliphatic rings. The molecule has 0 amide bonds. The molecule has 2 aromatic heterocycles. The summed E-state index contributed by atoms with van der Waals surface area (Å²) in [4.78, 5) is 2.28. The fourth-order valence-electron chi connectivity index (χ4n) is 1.88. The number of nitrogens with zero attached hydrogens (tertiary/aromatic N) is 2. The summed E-state index contributed by atoms with van der Waals surface area (Å²) >= 11 is 8.04. The molecule has 0 saturated heterocycles. The van der Waals surface area contributed by atoms with Gasteiger partial charge < -0.3 is 4.42 Å². The normalized spacial score (nSPS) is 12.5. The molecule has 0 aliphatic carbocycles. The van der Waals surface area contributed by atoms with Crippen molar-refractivity contribution in [1.29, 1.82) is 0 Å². The Balaban J connectivity index is 1.86. The van der Waals surface area contributed by atoms with Crippen LogP contribution in [0.3, 0.4) is 0 Å². The first-order valence-corrected chi connectivity index (χ1v) is 7.64. The van der Waals surface area contributed by atoms with Gasteiger partial charge in [-0.25, -0.2) is 0 Å². The molecule has 20 heavy (non-hydrogen) atoms. The van der Waals surface area contributed by atoms with Crippen LogP contribution in [0, 0.1) is 0 Å².